The number of ether oxygens (including phenoxy) is 1. The summed E-state index contributed by atoms with van der Waals surface area (Å²) >= 11 is 0. The average molecular weight is 426 g/mol. The van der Waals surface area contributed by atoms with Gasteiger partial charge in [-0.2, -0.15) is 0 Å². The highest BCUT2D eigenvalue weighted by molar-refractivity contribution is 5.92. The number of carboxylic acid groups (broad SMARTS) is 1. The molecule has 0 aliphatic heterocycles. The van der Waals surface area contributed by atoms with Gasteiger partial charge < -0.3 is 20.9 Å². The van der Waals surface area contributed by atoms with Crippen LogP contribution in [0.15, 0.2) is 60.7 Å². The van der Waals surface area contributed by atoms with Crippen LogP contribution >= 0.6 is 0 Å². The van der Waals surface area contributed by atoms with E-state index in [2.05, 4.69) is 5.32 Å². The zero-order chi connectivity index (χ0) is 22.8. The molecule has 2 rings (SSSR count). The largest absolute Gasteiger partial charge is 0.480 e. The molecule has 4 N–H and O–H groups in total. The second kappa shape index (κ2) is 11.6. The Kier molecular flexibility index (Phi) is 8.90. The maximum absolute atomic E-state index is 12.6. The molecule has 0 aromatic heterocycles. The van der Waals surface area contributed by atoms with Crippen LogP contribution in [0.5, 0.6) is 0 Å². The average Bonchev–Trinajstić information content (AvgIpc) is 2.77. The van der Waals surface area contributed by atoms with Gasteiger partial charge in [0, 0.05) is 6.42 Å². The summed E-state index contributed by atoms with van der Waals surface area (Å²) < 4.78 is 5.21. The molecule has 2 aromatic rings. The lowest BCUT2D eigenvalue weighted by Gasteiger charge is -2.20. The van der Waals surface area contributed by atoms with Gasteiger partial charge in [0.25, 0.3) is 0 Å². The first-order valence-electron chi connectivity index (χ1n) is 9.85. The highest BCUT2D eigenvalue weighted by Gasteiger charge is 2.28. The molecular weight excluding hydrogens is 400 g/mol. The number of Topliss-reactive ketones (excluding diaryl/α,β-unsaturated/α-hetero) is 1. The van der Waals surface area contributed by atoms with Gasteiger partial charge in [0.2, 0.25) is 5.91 Å². The van der Waals surface area contributed by atoms with Crippen molar-refractivity contribution in [2.45, 2.75) is 31.8 Å². The highest BCUT2D eigenvalue weighted by atomic mass is 16.5. The Balaban J connectivity index is 2.05. The summed E-state index contributed by atoms with van der Waals surface area (Å²) in [4.78, 5) is 48.5. The molecule has 164 valence electrons. The van der Waals surface area contributed by atoms with Crippen LogP contribution < -0.4 is 11.1 Å². The molecule has 3 atom stereocenters. The molecular formula is C23H26N2O6. The van der Waals surface area contributed by atoms with E-state index in [0.29, 0.717) is 12.0 Å². The second-order valence-corrected chi connectivity index (χ2v) is 7.20. The number of rotatable bonds is 11. The summed E-state index contributed by atoms with van der Waals surface area (Å²) in [5.41, 5.74) is 7.18. The fourth-order valence-corrected chi connectivity index (χ4v) is 2.83. The van der Waals surface area contributed by atoms with Gasteiger partial charge in [0.1, 0.15) is 12.6 Å². The zero-order valence-electron chi connectivity index (χ0n) is 17.2. The predicted octanol–water partition coefficient (Wildman–Crippen LogP) is 1.58. The molecule has 0 aliphatic rings. The van der Waals surface area contributed by atoms with Crippen LogP contribution in [-0.4, -0.2) is 47.4 Å². The van der Waals surface area contributed by atoms with Crippen LogP contribution in [0.2, 0.25) is 0 Å². The van der Waals surface area contributed by atoms with Crippen molar-refractivity contribution >= 4 is 23.6 Å². The molecule has 0 fully saturated rings. The predicted molar refractivity (Wildman–Crippen MR) is 113 cm³/mol. The van der Waals surface area contributed by atoms with Gasteiger partial charge in [-0.3, -0.25) is 14.4 Å². The minimum absolute atomic E-state index is 0.283. The first-order chi connectivity index (χ1) is 14.8. The number of nitrogens with one attached hydrogen (secondary N) is 1. The van der Waals surface area contributed by atoms with E-state index in [1.54, 1.807) is 30.3 Å². The maximum Gasteiger partial charge on any atom is 0.338 e. The third kappa shape index (κ3) is 7.67. The maximum atomic E-state index is 12.6. The minimum atomic E-state index is -1.22. The van der Waals surface area contributed by atoms with Crippen molar-refractivity contribution in [3.63, 3.8) is 0 Å². The number of hydrogen-bond acceptors (Lipinski definition) is 6. The molecule has 0 heterocycles. The standard InChI is InChI=1S/C23H26N2O6/c1-15(22(28)29)25-21(27)18(14-31-23(30)17-10-6-3-7-11-17)13-20(26)19(24)12-16-8-4-2-5-9-16/h2-11,15,18-19H,12-14,24H2,1H3,(H,25,27)(H,28,29)/t15-,18-,19-/m0/s1. The summed E-state index contributed by atoms with van der Waals surface area (Å²) in [6, 6.07) is 15.4. The molecule has 0 unspecified atom stereocenters. The third-order valence-corrected chi connectivity index (χ3v) is 4.68. The van der Waals surface area contributed by atoms with Crippen LogP contribution in [0.4, 0.5) is 0 Å². The van der Waals surface area contributed by atoms with Crippen LogP contribution in [0.1, 0.15) is 29.3 Å². The molecule has 0 saturated carbocycles. The summed E-state index contributed by atoms with van der Waals surface area (Å²) in [5.74, 6) is -4.02. The summed E-state index contributed by atoms with van der Waals surface area (Å²) in [5, 5.41) is 11.3. The number of nitrogens with two attached hydrogens (primary N) is 1. The first kappa shape index (κ1) is 23.8. The Morgan fingerprint density at radius 1 is 1.00 bits per heavy atom. The van der Waals surface area contributed by atoms with E-state index in [0.717, 1.165) is 5.56 Å². The molecule has 0 spiro atoms. The number of carbonyl (C=O) groups excluding carboxylic acids is 3. The molecule has 0 saturated heterocycles. The summed E-state index contributed by atoms with van der Waals surface area (Å²) in [6.07, 6.45) is 0.0115. The Bertz CT molecular complexity index is 901. The molecule has 0 aliphatic carbocycles. The quantitative estimate of drug-likeness (QED) is 0.464. The second-order valence-electron chi connectivity index (χ2n) is 7.20. The van der Waals surface area contributed by atoms with Crippen molar-refractivity contribution in [2.24, 2.45) is 11.7 Å². The number of carbonyl (C=O) groups is 4. The number of esters is 1. The van der Waals surface area contributed by atoms with Crippen molar-refractivity contribution in [3.8, 4) is 0 Å². The molecule has 0 radical (unpaired) electrons. The van der Waals surface area contributed by atoms with Gasteiger partial charge in [-0.05, 0) is 31.0 Å². The van der Waals surface area contributed by atoms with Crippen LogP contribution in [-0.2, 0) is 25.5 Å². The topological polar surface area (TPSA) is 136 Å². The number of benzene rings is 2. The van der Waals surface area contributed by atoms with E-state index in [4.69, 9.17) is 15.6 Å². The lowest BCUT2D eigenvalue weighted by molar-refractivity contribution is -0.142. The SMILES string of the molecule is C[C@H](NC(=O)[C@H](COC(=O)c1ccccc1)CC(=O)[C@@H](N)Cc1ccccc1)C(=O)O. The van der Waals surface area contributed by atoms with E-state index < -0.39 is 35.8 Å². The van der Waals surface area contributed by atoms with Crippen LogP contribution in [0.25, 0.3) is 0 Å². The van der Waals surface area contributed by atoms with Crippen molar-refractivity contribution in [1.29, 1.82) is 0 Å². The fourth-order valence-electron chi connectivity index (χ4n) is 2.83. The van der Waals surface area contributed by atoms with E-state index in [1.165, 1.54) is 6.92 Å². The smallest absolute Gasteiger partial charge is 0.338 e. The summed E-state index contributed by atoms with van der Waals surface area (Å²) in [7, 11) is 0. The zero-order valence-corrected chi connectivity index (χ0v) is 17.2. The lowest BCUT2D eigenvalue weighted by Crippen LogP contribution is -2.45. The molecule has 1 amide bonds. The third-order valence-electron chi connectivity index (χ3n) is 4.68. The Hall–Kier alpha value is -3.52. The van der Waals surface area contributed by atoms with E-state index in [-0.39, 0.29) is 18.8 Å². The number of amides is 1. The lowest BCUT2D eigenvalue weighted by atomic mass is 9.95. The Labute approximate surface area is 180 Å². The highest BCUT2D eigenvalue weighted by Crippen LogP contribution is 2.12. The monoisotopic (exact) mass is 426 g/mol. The Morgan fingerprint density at radius 3 is 2.16 bits per heavy atom. The molecule has 0 bridgehead atoms. The minimum Gasteiger partial charge on any atom is -0.480 e. The van der Waals surface area contributed by atoms with Crippen molar-refractivity contribution in [2.75, 3.05) is 6.61 Å². The Morgan fingerprint density at radius 2 is 1.58 bits per heavy atom. The number of hydrogen-bond donors (Lipinski definition) is 3. The number of ketones is 1. The van der Waals surface area contributed by atoms with Gasteiger partial charge in [0.05, 0.1) is 17.5 Å². The van der Waals surface area contributed by atoms with E-state index >= 15 is 0 Å². The molecule has 8 nitrogen and oxygen atoms in total. The normalized spacial score (nSPS) is 13.5. The molecule has 31 heavy (non-hydrogen) atoms. The van der Waals surface area contributed by atoms with Crippen LogP contribution in [0.3, 0.4) is 0 Å². The van der Waals surface area contributed by atoms with E-state index in [9.17, 15) is 19.2 Å². The van der Waals surface area contributed by atoms with Gasteiger partial charge in [-0.1, -0.05) is 48.5 Å². The van der Waals surface area contributed by atoms with Crippen molar-refractivity contribution < 1.29 is 29.0 Å². The summed E-state index contributed by atoms with van der Waals surface area (Å²) in [6.45, 7) is 0.923. The first-order valence-corrected chi connectivity index (χ1v) is 9.85. The van der Waals surface area contributed by atoms with Gasteiger partial charge >= 0.3 is 11.9 Å². The molecule has 2 aromatic carbocycles. The van der Waals surface area contributed by atoms with Gasteiger partial charge in [-0.15, -0.1) is 0 Å². The number of carboxylic acids is 1. The van der Waals surface area contributed by atoms with Gasteiger partial charge in [-0.25, -0.2) is 4.79 Å². The van der Waals surface area contributed by atoms with Crippen LogP contribution in [0, 0.1) is 5.92 Å². The fraction of sp³-hybridized carbons (Fsp3) is 0.304. The van der Waals surface area contributed by atoms with Crippen molar-refractivity contribution in [1.82, 2.24) is 5.32 Å². The number of aliphatic carboxylic acids is 1. The molecule has 8 heteroatoms. The van der Waals surface area contributed by atoms with Gasteiger partial charge in [0.15, 0.2) is 5.78 Å². The van der Waals surface area contributed by atoms with E-state index in [1.807, 2.05) is 30.3 Å². The van der Waals surface area contributed by atoms with Crippen molar-refractivity contribution in [3.05, 3.63) is 71.8 Å².